The molecule has 2 nitrogen and oxygen atoms in total. The summed E-state index contributed by atoms with van der Waals surface area (Å²) in [7, 11) is 3.14. The van der Waals surface area contributed by atoms with Crippen LogP contribution in [-0.2, 0) is 0 Å². The van der Waals surface area contributed by atoms with Crippen LogP contribution in [0.4, 0.5) is 0 Å². The van der Waals surface area contributed by atoms with Crippen molar-refractivity contribution in [1.82, 2.24) is 0 Å². The van der Waals surface area contributed by atoms with Crippen LogP contribution in [0.25, 0.3) is 0 Å². The molecule has 0 saturated heterocycles. The van der Waals surface area contributed by atoms with E-state index in [1.54, 1.807) is 32.4 Å². The molecular formula is C10H9ClMgO2. The first-order chi connectivity index (χ1) is 5.81. The molecule has 4 heteroatoms. The van der Waals surface area contributed by atoms with Crippen molar-refractivity contribution in [3.05, 3.63) is 30.2 Å². The third-order valence-electron chi connectivity index (χ3n) is 1.53. The van der Waals surface area contributed by atoms with Crippen molar-refractivity contribution in [1.29, 1.82) is 0 Å². The summed E-state index contributed by atoms with van der Waals surface area (Å²) < 4.78 is 10.1. The Balaban J connectivity index is 0. The number of ether oxygens (including phenoxy) is 2. The van der Waals surface area contributed by atoms with E-state index in [-0.39, 0.29) is 35.5 Å². The molecule has 1 aromatic rings. The fraction of sp³-hybridized carbons (Fsp3) is 0.200. The summed E-state index contributed by atoms with van der Waals surface area (Å²) in [4.78, 5) is 0. The van der Waals surface area contributed by atoms with Crippen LogP contribution in [0.1, 0.15) is 5.56 Å². The number of hydrogen-bond acceptors (Lipinski definition) is 2. The van der Waals surface area contributed by atoms with Crippen LogP contribution in [0.2, 0.25) is 0 Å². The molecule has 0 aliphatic carbocycles. The Morgan fingerprint density at radius 3 is 2.14 bits per heavy atom. The summed E-state index contributed by atoms with van der Waals surface area (Å²) in [6.07, 6.45) is 6.90. The first-order valence-electron chi connectivity index (χ1n) is 3.46. The first kappa shape index (κ1) is 15.9. The van der Waals surface area contributed by atoms with Gasteiger partial charge in [-0.1, -0.05) is 6.07 Å². The molecule has 0 unspecified atom stereocenters. The monoisotopic (exact) mass is 220 g/mol. The molecule has 14 heavy (non-hydrogen) atoms. The molecule has 0 N–H and O–H groups in total. The Hall–Kier alpha value is -0.564. The van der Waals surface area contributed by atoms with Crippen LogP contribution < -0.4 is 21.9 Å². The van der Waals surface area contributed by atoms with Crippen molar-refractivity contribution >= 4 is 23.1 Å². The van der Waals surface area contributed by atoms with Crippen molar-refractivity contribution in [3.63, 3.8) is 0 Å². The molecule has 0 atom stereocenters. The molecule has 1 rings (SSSR count). The molecular weight excluding hydrogens is 212 g/mol. The van der Waals surface area contributed by atoms with Gasteiger partial charge in [-0.2, -0.15) is 0 Å². The van der Waals surface area contributed by atoms with Gasteiger partial charge in [-0.3, -0.25) is 5.92 Å². The van der Waals surface area contributed by atoms with Gasteiger partial charge >= 0.3 is 23.1 Å². The summed E-state index contributed by atoms with van der Waals surface area (Å²) in [5.74, 6) is 3.55. The maximum atomic E-state index is 6.90. The van der Waals surface area contributed by atoms with E-state index >= 15 is 0 Å². The van der Waals surface area contributed by atoms with Gasteiger partial charge in [0.05, 0.1) is 14.2 Å². The van der Waals surface area contributed by atoms with Crippen LogP contribution in [-0.4, -0.2) is 37.3 Å². The summed E-state index contributed by atoms with van der Waals surface area (Å²) >= 11 is 0. The van der Waals surface area contributed by atoms with Gasteiger partial charge < -0.3 is 28.3 Å². The Labute approximate surface area is 107 Å². The van der Waals surface area contributed by atoms with Crippen LogP contribution >= 0.6 is 0 Å². The zero-order valence-electron chi connectivity index (χ0n) is 8.13. The second kappa shape index (κ2) is 7.80. The van der Waals surface area contributed by atoms with Crippen molar-refractivity contribution in [3.8, 4) is 17.4 Å². The van der Waals surface area contributed by atoms with Gasteiger partial charge in [0.25, 0.3) is 0 Å². The number of hydrogen-bond donors (Lipinski definition) is 0. The van der Waals surface area contributed by atoms with Crippen LogP contribution in [0.5, 0.6) is 11.5 Å². The maximum absolute atomic E-state index is 6.90. The topological polar surface area (TPSA) is 18.5 Å². The minimum absolute atomic E-state index is 0. The molecule has 0 bridgehead atoms. The average Bonchev–Trinajstić information content (AvgIpc) is 2.16. The minimum atomic E-state index is 0. The van der Waals surface area contributed by atoms with Gasteiger partial charge in [0.1, 0.15) is 5.75 Å². The predicted octanol–water partition coefficient (Wildman–Crippen LogP) is -1.74. The van der Waals surface area contributed by atoms with Crippen molar-refractivity contribution in [2.24, 2.45) is 0 Å². The summed E-state index contributed by atoms with van der Waals surface area (Å²) in [6.45, 7) is 0. The summed E-state index contributed by atoms with van der Waals surface area (Å²) in [5.41, 5.74) is 0.674. The molecule has 0 amide bonds. The van der Waals surface area contributed by atoms with Gasteiger partial charge in [0.15, 0.2) is 5.75 Å². The second-order valence-electron chi connectivity index (χ2n) is 2.19. The van der Waals surface area contributed by atoms with E-state index in [9.17, 15) is 0 Å². The SMILES string of the molecule is [C-]#Cc1ccc(OC)c(OC)c1.[Cl-].[Mg+2]. The minimum Gasteiger partial charge on any atom is -1.00 e. The van der Waals surface area contributed by atoms with Crippen molar-refractivity contribution < 1.29 is 21.9 Å². The Bertz CT molecular complexity index is 320. The Kier molecular flexibility index (Phi) is 8.86. The van der Waals surface area contributed by atoms with E-state index in [4.69, 9.17) is 15.9 Å². The number of halogens is 1. The van der Waals surface area contributed by atoms with Gasteiger partial charge in [0.2, 0.25) is 0 Å². The van der Waals surface area contributed by atoms with Gasteiger partial charge in [-0.15, -0.1) is 11.6 Å². The zero-order chi connectivity index (χ0) is 8.97. The molecule has 0 spiro atoms. The Morgan fingerprint density at radius 2 is 1.71 bits per heavy atom. The molecule has 0 aliphatic rings. The normalized spacial score (nSPS) is 7.50. The molecule has 1 aromatic carbocycles. The average molecular weight is 221 g/mol. The molecule has 0 fully saturated rings. The number of rotatable bonds is 2. The van der Waals surface area contributed by atoms with Crippen LogP contribution in [0, 0.1) is 12.3 Å². The Morgan fingerprint density at radius 1 is 1.14 bits per heavy atom. The third-order valence-corrected chi connectivity index (χ3v) is 1.53. The standard InChI is InChI=1S/C10H9O2.ClH.Mg/c1-4-8-5-6-9(11-2)10(7-8)12-3;;/h5-7H,2-3H3;1H;/q-1;;+2/p-1. The van der Waals surface area contributed by atoms with E-state index in [1.807, 2.05) is 0 Å². The van der Waals surface area contributed by atoms with Crippen LogP contribution in [0.3, 0.4) is 0 Å². The zero-order valence-corrected chi connectivity index (χ0v) is 10.3. The molecule has 70 valence electrons. The summed E-state index contributed by atoms with van der Waals surface area (Å²) in [6, 6.07) is 5.19. The number of methoxy groups -OCH3 is 2. The van der Waals surface area contributed by atoms with E-state index < -0.39 is 0 Å². The molecule has 0 saturated carbocycles. The summed E-state index contributed by atoms with van der Waals surface area (Å²) in [5, 5.41) is 0. The fourth-order valence-corrected chi connectivity index (χ4v) is 0.914. The van der Waals surface area contributed by atoms with Gasteiger partial charge in [-0.05, 0) is 6.07 Å². The van der Waals surface area contributed by atoms with Crippen molar-refractivity contribution in [2.75, 3.05) is 14.2 Å². The fourth-order valence-electron chi connectivity index (χ4n) is 0.914. The van der Waals surface area contributed by atoms with Crippen molar-refractivity contribution in [2.45, 2.75) is 0 Å². The van der Waals surface area contributed by atoms with E-state index in [0.29, 0.717) is 17.1 Å². The quantitative estimate of drug-likeness (QED) is 0.335. The molecule has 0 aromatic heterocycles. The van der Waals surface area contributed by atoms with E-state index in [2.05, 4.69) is 5.92 Å². The van der Waals surface area contributed by atoms with Gasteiger partial charge in [-0.25, -0.2) is 0 Å². The molecule has 0 radical (unpaired) electrons. The third kappa shape index (κ3) is 3.66. The van der Waals surface area contributed by atoms with Crippen LogP contribution in [0.15, 0.2) is 18.2 Å². The number of benzene rings is 1. The van der Waals surface area contributed by atoms with Gasteiger partial charge in [0, 0.05) is 0 Å². The predicted molar refractivity (Wildman–Crippen MR) is 51.5 cm³/mol. The largest absolute Gasteiger partial charge is 2.00 e. The van der Waals surface area contributed by atoms with E-state index in [1.165, 1.54) is 0 Å². The molecule has 0 heterocycles. The maximum Gasteiger partial charge on any atom is 2.00 e. The molecule has 0 aliphatic heterocycles. The first-order valence-corrected chi connectivity index (χ1v) is 3.46. The van der Waals surface area contributed by atoms with E-state index in [0.717, 1.165) is 0 Å². The second-order valence-corrected chi connectivity index (χ2v) is 2.19. The smallest absolute Gasteiger partial charge is 1.00 e.